The van der Waals surface area contributed by atoms with Gasteiger partial charge < -0.3 is 0 Å². The standard InChI is InChI=1S/C20H27NS2/c1-3-11-21(12-9-16-10-13-23-15-16)18-8-7-17-5-4-6-20(22-2)19(17)14-18/h4-6,10,13,15,18H,3,7-9,11-12,14H2,1-2H3. The molecule has 2 aromatic rings. The van der Waals surface area contributed by atoms with E-state index in [1.54, 1.807) is 11.1 Å². The number of thiophene rings is 1. The van der Waals surface area contributed by atoms with E-state index in [1.165, 1.54) is 55.7 Å². The van der Waals surface area contributed by atoms with Crippen LogP contribution in [0.15, 0.2) is 39.9 Å². The van der Waals surface area contributed by atoms with Crippen molar-refractivity contribution in [3.8, 4) is 0 Å². The van der Waals surface area contributed by atoms with E-state index in [-0.39, 0.29) is 0 Å². The van der Waals surface area contributed by atoms with Gasteiger partial charge in [-0.25, -0.2) is 0 Å². The summed E-state index contributed by atoms with van der Waals surface area (Å²) in [5.74, 6) is 0. The largest absolute Gasteiger partial charge is 0.300 e. The van der Waals surface area contributed by atoms with Crippen molar-refractivity contribution in [3.63, 3.8) is 0 Å². The lowest BCUT2D eigenvalue weighted by molar-refractivity contribution is 0.181. The predicted octanol–water partition coefficient (Wildman–Crippen LogP) is 5.28. The van der Waals surface area contributed by atoms with Crippen molar-refractivity contribution in [1.82, 2.24) is 4.90 Å². The number of fused-ring (bicyclic) bond motifs is 1. The lowest BCUT2D eigenvalue weighted by Crippen LogP contribution is -2.41. The highest BCUT2D eigenvalue weighted by Crippen LogP contribution is 2.31. The van der Waals surface area contributed by atoms with Gasteiger partial charge in [0.2, 0.25) is 0 Å². The maximum atomic E-state index is 2.75. The highest BCUT2D eigenvalue weighted by Gasteiger charge is 2.25. The van der Waals surface area contributed by atoms with Crippen LogP contribution in [0.3, 0.4) is 0 Å². The summed E-state index contributed by atoms with van der Waals surface area (Å²) < 4.78 is 0. The third-order valence-corrected chi connectivity index (χ3v) is 6.49. The van der Waals surface area contributed by atoms with Crippen LogP contribution in [0.2, 0.25) is 0 Å². The molecule has 0 spiro atoms. The van der Waals surface area contributed by atoms with Gasteiger partial charge in [0.15, 0.2) is 0 Å². The topological polar surface area (TPSA) is 3.24 Å². The number of aryl methyl sites for hydroxylation is 1. The first kappa shape index (κ1) is 17.1. The van der Waals surface area contributed by atoms with Crippen molar-refractivity contribution in [3.05, 3.63) is 51.7 Å². The SMILES string of the molecule is CCCN(CCc1ccsc1)C1CCc2cccc(SC)c2C1. The maximum absolute atomic E-state index is 2.75. The van der Waals surface area contributed by atoms with Gasteiger partial charge in [-0.1, -0.05) is 19.1 Å². The molecule has 0 saturated heterocycles. The van der Waals surface area contributed by atoms with E-state index in [0.717, 1.165) is 6.04 Å². The lowest BCUT2D eigenvalue weighted by Gasteiger charge is -2.36. The average Bonchev–Trinajstić information content (AvgIpc) is 3.11. The van der Waals surface area contributed by atoms with Crippen molar-refractivity contribution in [1.29, 1.82) is 0 Å². The van der Waals surface area contributed by atoms with Crippen LogP contribution in [0, 0.1) is 0 Å². The van der Waals surface area contributed by atoms with Crippen LogP contribution in [-0.4, -0.2) is 30.3 Å². The zero-order chi connectivity index (χ0) is 16.1. The van der Waals surface area contributed by atoms with E-state index in [0.29, 0.717) is 0 Å². The molecular weight excluding hydrogens is 318 g/mol. The minimum atomic E-state index is 0.717. The first-order chi connectivity index (χ1) is 11.3. The second-order valence-electron chi connectivity index (χ2n) is 6.41. The number of rotatable bonds is 7. The fraction of sp³-hybridized carbons (Fsp3) is 0.500. The number of hydrogen-bond acceptors (Lipinski definition) is 3. The molecule has 1 atom stereocenters. The Morgan fingerprint density at radius 2 is 2.17 bits per heavy atom. The Morgan fingerprint density at radius 1 is 1.26 bits per heavy atom. The van der Waals surface area contributed by atoms with Crippen LogP contribution in [0.5, 0.6) is 0 Å². The van der Waals surface area contributed by atoms with Crippen LogP contribution in [0.4, 0.5) is 0 Å². The second kappa shape index (κ2) is 8.36. The summed E-state index contributed by atoms with van der Waals surface area (Å²) in [6.45, 7) is 4.74. The van der Waals surface area contributed by atoms with Crippen molar-refractivity contribution >= 4 is 23.1 Å². The molecule has 1 nitrogen and oxygen atoms in total. The molecular formula is C20H27NS2. The van der Waals surface area contributed by atoms with E-state index in [4.69, 9.17) is 0 Å². The molecule has 0 radical (unpaired) electrons. The fourth-order valence-electron chi connectivity index (χ4n) is 3.71. The van der Waals surface area contributed by atoms with Crippen molar-refractivity contribution in [2.75, 3.05) is 19.3 Å². The minimum Gasteiger partial charge on any atom is -0.300 e. The first-order valence-electron chi connectivity index (χ1n) is 8.71. The van der Waals surface area contributed by atoms with Gasteiger partial charge in [-0.05, 0) is 84.5 Å². The zero-order valence-corrected chi connectivity index (χ0v) is 15.9. The minimum absolute atomic E-state index is 0.717. The summed E-state index contributed by atoms with van der Waals surface area (Å²) in [5.41, 5.74) is 4.70. The van der Waals surface area contributed by atoms with Crippen molar-refractivity contribution < 1.29 is 0 Å². The van der Waals surface area contributed by atoms with Crippen LogP contribution in [0.25, 0.3) is 0 Å². The van der Waals surface area contributed by atoms with E-state index in [1.807, 2.05) is 23.1 Å². The van der Waals surface area contributed by atoms with Gasteiger partial charge >= 0.3 is 0 Å². The Bertz CT molecular complexity index is 592. The number of nitrogens with zero attached hydrogens (tertiary/aromatic N) is 1. The first-order valence-corrected chi connectivity index (χ1v) is 10.9. The lowest BCUT2D eigenvalue weighted by atomic mass is 9.87. The summed E-state index contributed by atoms with van der Waals surface area (Å²) in [6, 6.07) is 9.85. The average molecular weight is 346 g/mol. The molecule has 1 unspecified atom stereocenters. The van der Waals surface area contributed by atoms with Gasteiger partial charge in [0.05, 0.1) is 0 Å². The molecule has 23 heavy (non-hydrogen) atoms. The van der Waals surface area contributed by atoms with Gasteiger partial charge in [-0.15, -0.1) is 11.8 Å². The molecule has 124 valence electrons. The Balaban J connectivity index is 1.70. The van der Waals surface area contributed by atoms with E-state index in [2.05, 4.69) is 53.1 Å². The smallest absolute Gasteiger partial charge is 0.0139 e. The van der Waals surface area contributed by atoms with Gasteiger partial charge in [0.25, 0.3) is 0 Å². The quantitative estimate of drug-likeness (QED) is 0.628. The molecule has 3 rings (SSSR count). The fourth-order valence-corrected chi connectivity index (χ4v) is 5.09. The normalized spacial score (nSPS) is 17.4. The Kier molecular flexibility index (Phi) is 6.21. The maximum Gasteiger partial charge on any atom is 0.0139 e. The summed E-state index contributed by atoms with van der Waals surface area (Å²) in [6.07, 6.45) is 8.44. The molecule has 0 saturated carbocycles. The van der Waals surface area contributed by atoms with Crippen molar-refractivity contribution in [2.24, 2.45) is 0 Å². The molecule has 0 fully saturated rings. The number of thioether (sulfide) groups is 1. The van der Waals surface area contributed by atoms with Crippen LogP contribution >= 0.6 is 23.1 Å². The molecule has 1 aliphatic rings. The molecule has 0 amide bonds. The second-order valence-corrected chi connectivity index (χ2v) is 8.04. The van der Waals surface area contributed by atoms with Crippen molar-refractivity contribution in [2.45, 2.75) is 50.0 Å². The molecule has 1 aliphatic carbocycles. The molecule has 0 bridgehead atoms. The van der Waals surface area contributed by atoms with Gasteiger partial charge in [0, 0.05) is 17.5 Å². The predicted molar refractivity (Wildman–Crippen MR) is 104 cm³/mol. The molecule has 1 aromatic heterocycles. The van der Waals surface area contributed by atoms with E-state index >= 15 is 0 Å². The third kappa shape index (κ3) is 4.20. The summed E-state index contributed by atoms with van der Waals surface area (Å²) >= 11 is 3.72. The summed E-state index contributed by atoms with van der Waals surface area (Å²) in [5, 5.41) is 4.49. The summed E-state index contributed by atoms with van der Waals surface area (Å²) in [7, 11) is 0. The monoisotopic (exact) mass is 345 g/mol. The molecule has 1 heterocycles. The Hall–Kier alpha value is -0.770. The number of hydrogen-bond donors (Lipinski definition) is 0. The third-order valence-electron chi connectivity index (χ3n) is 4.93. The molecule has 0 aliphatic heterocycles. The van der Waals surface area contributed by atoms with Crippen LogP contribution in [-0.2, 0) is 19.3 Å². The van der Waals surface area contributed by atoms with Gasteiger partial charge in [-0.3, -0.25) is 4.90 Å². The van der Waals surface area contributed by atoms with Crippen LogP contribution < -0.4 is 0 Å². The molecule has 3 heteroatoms. The number of benzene rings is 1. The van der Waals surface area contributed by atoms with E-state index < -0.39 is 0 Å². The summed E-state index contributed by atoms with van der Waals surface area (Å²) in [4.78, 5) is 4.24. The highest BCUT2D eigenvalue weighted by molar-refractivity contribution is 7.98. The van der Waals surface area contributed by atoms with Gasteiger partial charge in [0.1, 0.15) is 0 Å². The van der Waals surface area contributed by atoms with E-state index in [9.17, 15) is 0 Å². The van der Waals surface area contributed by atoms with Crippen LogP contribution in [0.1, 0.15) is 36.5 Å². The van der Waals surface area contributed by atoms with Gasteiger partial charge in [-0.2, -0.15) is 11.3 Å². The Morgan fingerprint density at radius 3 is 2.91 bits per heavy atom. The molecule has 1 aromatic carbocycles. The highest BCUT2D eigenvalue weighted by atomic mass is 32.2. The Labute approximate surface area is 149 Å². The zero-order valence-electron chi connectivity index (χ0n) is 14.3. The molecule has 0 N–H and O–H groups in total.